The number of hydrogen-bond acceptors (Lipinski definition) is 5. The Hall–Kier alpha value is -2.72. The van der Waals surface area contributed by atoms with Gasteiger partial charge in [0.25, 0.3) is 11.8 Å². The van der Waals surface area contributed by atoms with Crippen LogP contribution in [-0.2, 0) is 4.79 Å². The number of carbonyl (C=O) groups is 2. The van der Waals surface area contributed by atoms with E-state index in [0.29, 0.717) is 34.5 Å². The van der Waals surface area contributed by atoms with Crippen molar-refractivity contribution in [1.82, 2.24) is 15.6 Å². The first-order valence-electron chi connectivity index (χ1n) is 11.9. The molecule has 3 heterocycles. The van der Waals surface area contributed by atoms with Crippen LogP contribution < -0.4 is 20.3 Å². The first-order chi connectivity index (χ1) is 17.3. The maximum Gasteiger partial charge on any atom is 0.405 e. The zero-order valence-corrected chi connectivity index (χ0v) is 21.8. The van der Waals surface area contributed by atoms with Crippen molar-refractivity contribution < 1.29 is 27.5 Å². The van der Waals surface area contributed by atoms with E-state index in [0.717, 1.165) is 12.8 Å². The molecule has 4 rings (SSSR count). The molecule has 2 aliphatic rings. The summed E-state index contributed by atoms with van der Waals surface area (Å²) >= 11 is 12.0. The van der Waals surface area contributed by atoms with Gasteiger partial charge in [-0.3, -0.25) is 9.59 Å². The molecule has 37 heavy (non-hydrogen) atoms. The highest BCUT2D eigenvalue weighted by atomic mass is 35.5. The van der Waals surface area contributed by atoms with E-state index in [-0.39, 0.29) is 29.6 Å². The normalized spacial score (nSPS) is 21.5. The second-order valence-electron chi connectivity index (χ2n) is 9.83. The van der Waals surface area contributed by atoms with Crippen LogP contribution in [0.4, 0.5) is 19.0 Å². The van der Waals surface area contributed by atoms with Gasteiger partial charge in [-0.05, 0) is 63.8 Å². The molecule has 2 aromatic rings. The smallest absolute Gasteiger partial charge is 0.405 e. The number of nitrogens with zero attached hydrogens (tertiary/aromatic N) is 2. The summed E-state index contributed by atoms with van der Waals surface area (Å²) in [6.45, 7) is 1.97. The lowest BCUT2D eigenvalue weighted by molar-refractivity contribution is -0.135. The summed E-state index contributed by atoms with van der Waals surface area (Å²) in [6.07, 6.45) is 0.0801. The molecule has 2 bridgehead atoms. The van der Waals surface area contributed by atoms with Gasteiger partial charge in [0.2, 0.25) is 0 Å². The Morgan fingerprint density at radius 3 is 2.32 bits per heavy atom. The molecular weight excluding hydrogens is 532 g/mol. The van der Waals surface area contributed by atoms with E-state index in [4.69, 9.17) is 27.9 Å². The number of pyridine rings is 1. The van der Waals surface area contributed by atoms with E-state index in [9.17, 15) is 22.8 Å². The van der Waals surface area contributed by atoms with E-state index in [1.54, 1.807) is 38.1 Å². The van der Waals surface area contributed by atoms with Gasteiger partial charge in [0.1, 0.15) is 18.1 Å². The molecule has 1 aromatic carbocycles. The van der Waals surface area contributed by atoms with Gasteiger partial charge in [-0.25, -0.2) is 4.98 Å². The number of alkyl halides is 3. The predicted octanol–water partition coefficient (Wildman–Crippen LogP) is 5.15. The fourth-order valence-corrected chi connectivity index (χ4v) is 5.15. The van der Waals surface area contributed by atoms with Crippen LogP contribution in [0.25, 0.3) is 0 Å². The third-order valence-corrected chi connectivity index (χ3v) is 7.34. The lowest BCUT2D eigenvalue weighted by Gasteiger charge is -2.40. The molecule has 2 amide bonds. The average Bonchev–Trinajstić information content (AvgIpc) is 3.09. The number of aromatic nitrogens is 1. The fourth-order valence-electron chi connectivity index (χ4n) is 4.87. The highest BCUT2D eigenvalue weighted by Gasteiger charge is 2.43. The second-order valence-corrected chi connectivity index (χ2v) is 10.6. The molecule has 12 heteroatoms. The summed E-state index contributed by atoms with van der Waals surface area (Å²) < 4.78 is 43.0. The van der Waals surface area contributed by atoms with E-state index in [2.05, 4.69) is 15.2 Å². The summed E-state index contributed by atoms with van der Waals surface area (Å²) in [5.74, 6) is 0.0224. The maximum absolute atomic E-state index is 13.1. The van der Waals surface area contributed by atoms with Crippen LogP contribution in [0.2, 0.25) is 10.0 Å². The average molecular weight is 559 g/mol. The van der Waals surface area contributed by atoms with E-state index in [1.165, 1.54) is 12.3 Å². The number of nitrogens with one attached hydrogen (secondary N) is 2. The van der Waals surface area contributed by atoms with Crippen LogP contribution in [0.3, 0.4) is 0 Å². The number of anilines is 1. The minimum Gasteiger partial charge on any atom is -0.478 e. The Balaban J connectivity index is 1.35. The van der Waals surface area contributed by atoms with E-state index in [1.807, 2.05) is 5.32 Å². The standard InChI is InChI=1S/C25H27Cl2F3N4O3/c1-24(2,37-18-6-7-19(26)20(27)11-18)23(36)33-15-9-16-4-5-17(10-15)34(16)21-8-3-14(12-31-21)22(35)32-13-25(28,29)30/h3,6-8,11-12,15-17H,4-5,9-10,13H2,1-2H3,(H,32,35)(H,33,36)/t15?,16-,17+. The summed E-state index contributed by atoms with van der Waals surface area (Å²) in [5, 5.41) is 5.69. The van der Waals surface area contributed by atoms with E-state index < -0.39 is 24.2 Å². The van der Waals surface area contributed by atoms with Gasteiger partial charge in [0, 0.05) is 30.4 Å². The van der Waals surface area contributed by atoms with E-state index >= 15 is 0 Å². The quantitative estimate of drug-likeness (QED) is 0.490. The monoisotopic (exact) mass is 558 g/mol. The van der Waals surface area contributed by atoms with Crippen LogP contribution in [0.5, 0.6) is 5.75 Å². The number of benzene rings is 1. The summed E-state index contributed by atoms with van der Waals surface area (Å²) in [4.78, 5) is 31.6. The number of ether oxygens (including phenoxy) is 1. The SMILES string of the molecule is CC(C)(Oc1ccc(Cl)c(Cl)c1)C(=O)NC1C[C@H]2CC[C@@H](C1)N2c1ccc(C(=O)NCC(F)(F)F)cn1. The van der Waals surface area contributed by atoms with Gasteiger partial charge < -0.3 is 20.3 Å². The largest absolute Gasteiger partial charge is 0.478 e. The molecule has 1 unspecified atom stereocenters. The lowest BCUT2D eigenvalue weighted by Crippen LogP contribution is -2.55. The van der Waals surface area contributed by atoms with Crippen molar-refractivity contribution in [1.29, 1.82) is 0 Å². The molecule has 2 saturated heterocycles. The zero-order chi connectivity index (χ0) is 27.0. The topological polar surface area (TPSA) is 83.6 Å². The van der Waals surface area contributed by atoms with Gasteiger partial charge >= 0.3 is 6.18 Å². The molecule has 0 aliphatic carbocycles. The first kappa shape index (κ1) is 27.3. The molecular formula is C25H27Cl2F3N4O3. The van der Waals surface area contributed by atoms with Crippen molar-refractivity contribution in [2.24, 2.45) is 0 Å². The number of amides is 2. The van der Waals surface area contributed by atoms with Crippen LogP contribution in [-0.4, -0.2) is 53.2 Å². The van der Waals surface area contributed by atoms with Crippen molar-refractivity contribution >= 4 is 40.8 Å². The Kier molecular flexibility index (Phi) is 7.80. The Morgan fingerprint density at radius 1 is 1.08 bits per heavy atom. The zero-order valence-electron chi connectivity index (χ0n) is 20.2. The Labute approximate surface area is 222 Å². The highest BCUT2D eigenvalue weighted by Crippen LogP contribution is 2.39. The molecule has 2 fully saturated rings. The van der Waals surface area contributed by atoms with Gasteiger partial charge in [0.05, 0.1) is 15.6 Å². The number of rotatable bonds is 7. The molecule has 7 nitrogen and oxygen atoms in total. The molecule has 0 radical (unpaired) electrons. The van der Waals surface area contributed by atoms with Crippen LogP contribution >= 0.6 is 23.2 Å². The van der Waals surface area contributed by atoms with Crippen molar-refractivity contribution in [2.45, 2.75) is 69.4 Å². The lowest BCUT2D eigenvalue weighted by atomic mass is 9.96. The minimum absolute atomic E-state index is 0.0506. The van der Waals surface area contributed by atoms with Crippen molar-refractivity contribution in [2.75, 3.05) is 11.4 Å². The van der Waals surface area contributed by atoms with Crippen LogP contribution in [0.1, 0.15) is 49.9 Å². The predicted molar refractivity (Wildman–Crippen MR) is 134 cm³/mol. The number of piperidine rings is 1. The van der Waals surface area contributed by atoms with Crippen molar-refractivity contribution in [3.8, 4) is 5.75 Å². The van der Waals surface area contributed by atoms with Crippen LogP contribution in [0.15, 0.2) is 36.5 Å². The molecule has 0 saturated carbocycles. The maximum atomic E-state index is 13.1. The number of fused-ring (bicyclic) bond motifs is 2. The summed E-state index contributed by atoms with van der Waals surface area (Å²) in [6, 6.07) is 8.18. The molecule has 2 N–H and O–H groups in total. The summed E-state index contributed by atoms with van der Waals surface area (Å²) in [7, 11) is 0. The minimum atomic E-state index is -4.48. The molecule has 0 spiro atoms. The van der Waals surface area contributed by atoms with Gasteiger partial charge in [0.15, 0.2) is 5.60 Å². The highest BCUT2D eigenvalue weighted by molar-refractivity contribution is 6.42. The Morgan fingerprint density at radius 2 is 1.76 bits per heavy atom. The number of carbonyl (C=O) groups excluding carboxylic acids is 2. The molecule has 3 atom stereocenters. The van der Waals surface area contributed by atoms with Crippen molar-refractivity contribution in [3.05, 3.63) is 52.1 Å². The number of halogens is 5. The van der Waals surface area contributed by atoms with Crippen molar-refractivity contribution in [3.63, 3.8) is 0 Å². The fraction of sp³-hybridized carbons (Fsp3) is 0.480. The third kappa shape index (κ3) is 6.59. The molecule has 1 aromatic heterocycles. The first-order valence-corrected chi connectivity index (χ1v) is 12.6. The van der Waals surface area contributed by atoms with Crippen LogP contribution in [0, 0.1) is 0 Å². The second kappa shape index (κ2) is 10.6. The number of hydrogen-bond donors (Lipinski definition) is 2. The van der Waals surface area contributed by atoms with Gasteiger partial charge in [-0.2, -0.15) is 13.2 Å². The van der Waals surface area contributed by atoms with Gasteiger partial charge in [-0.15, -0.1) is 0 Å². The van der Waals surface area contributed by atoms with Gasteiger partial charge in [-0.1, -0.05) is 23.2 Å². The third-order valence-electron chi connectivity index (χ3n) is 6.60. The molecule has 2 aliphatic heterocycles. The Bertz CT molecular complexity index is 1150. The summed E-state index contributed by atoms with van der Waals surface area (Å²) in [5.41, 5.74) is -1.08. The molecule has 200 valence electrons.